The molecule has 0 saturated heterocycles. The van der Waals surface area contributed by atoms with E-state index in [0.717, 1.165) is 30.1 Å². The maximum absolute atomic E-state index is 12.0. The van der Waals surface area contributed by atoms with Crippen LogP contribution >= 0.6 is 164 Å². The lowest BCUT2D eigenvalue weighted by Crippen LogP contribution is -2.15. The van der Waals surface area contributed by atoms with Crippen molar-refractivity contribution in [1.29, 1.82) is 0 Å². The molecule has 0 atom stereocenters. The first-order valence-electron chi connectivity index (χ1n) is 22.4. The third-order valence-electron chi connectivity index (χ3n) is 9.43. The zero-order valence-corrected chi connectivity index (χ0v) is 53.2. The molecule has 0 bridgehead atoms. The molecule has 0 saturated carbocycles. The number of benzene rings is 3. The van der Waals surface area contributed by atoms with E-state index in [1.165, 1.54) is 34.0 Å². The van der Waals surface area contributed by atoms with Crippen molar-refractivity contribution in [3.8, 4) is 0 Å². The molecule has 0 unspecified atom stereocenters. The second-order valence-electron chi connectivity index (χ2n) is 15.1. The normalized spacial score (nSPS) is 10.1. The lowest BCUT2D eigenvalue weighted by Gasteiger charge is -2.09. The molecule has 0 fully saturated rings. The Kier molecular flexibility index (Phi) is 25.9. The lowest BCUT2D eigenvalue weighted by molar-refractivity contribution is 0.0994. The number of hydrogen-bond donors (Lipinski definition) is 4. The summed E-state index contributed by atoms with van der Waals surface area (Å²) in [6.45, 7) is 0. The highest BCUT2D eigenvalue weighted by Crippen LogP contribution is 2.28. The fraction of sp³-hybridized carbons (Fsp3) is 0.0192. The van der Waals surface area contributed by atoms with Gasteiger partial charge in [-0.2, -0.15) is 4.99 Å². The highest BCUT2D eigenvalue weighted by atomic mass is 79.9. The summed E-state index contributed by atoms with van der Waals surface area (Å²) in [6, 6.07) is 44.0. The number of carbonyl (C=O) groups is 3. The maximum Gasteiger partial charge on any atom is 0.285 e. The predicted octanol–water partition coefficient (Wildman–Crippen LogP) is 17.2. The third-order valence-corrected chi connectivity index (χ3v) is 15.1. The van der Waals surface area contributed by atoms with Gasteiger partial charge in [0.25, 0.3) is 11.8 Å². The number of nitrogens with zero attached hydrogens (tertiary/aromatic N) is 9. The Morgan fingerprint density at radius 1 is 0.519 bits per heavy atom. The van der Waals surface area contributed by atoms with Gasteiger partial charge in [0, 0.05) is 16.7 Å². The second-order valence-corrected chi connectivity index (χ2v) is 23.5. The molecule has 81 heavy (non-hydrogen) atoms. The molecule has 0 aliphatic carbocycles. The molecule has 0 spiro atoms. The van der Waals surface area contributed by atoms with Crippen LogP contribution in [0.5, 0.6) is 0 Å². The average molecular weight is 1470 g/mol. The molecule has 16 nitrogen and oxygen atoms in total. The Hall–Kier alpha value is -5.93. The molecule has 3 aromatic carbocycles. The maximum atomic E-state index is 12.0. The summed E-state index contributed by atoms with van der Waals surface area (Å²) in [5.41, 5.74) is 16.3. The first kappa shape index (κ1) is 64.2. The molecule has 0 radical (unpaired) electrons. The van der Waals surface area contributed by atoms with E-state index >= 15 is 0 Å². The fourth-order valence-corrected chi connectivity index (χ4v) is 10.9. The number of rotatable bonds is 7. The van der Waals surface area contributed by atoms with Crippen LogP contribution in [-0.4, -0.2) is 67.6 Å². The summed E-state index contributed by atoms with van der Waals surface area (Å²) in [5.74, 6) is -0.563. The zero-order chi connectivity index (χ0) is 58.4. The fourth-order valence-electron chi connectivity index (χ4n) is 5.87. The Labute approximate surface area is 534 Å². The number of pyridine rings is 5. The highest BCUT2D eigenvalue weighted by Gasteiger charge is 2.13. The number of carbonyl (C=O) groups excluding carboxylic acids is 3. The Morgan fingerprint density at radius 3 is 1.51 bits per heavy atom. The van der Waals surface area contributed by atoms with Crippen LogP contribution in [0.1, 0.15) is 37.5 Å². The number of ketones is 1. The standard InChI is InChI=1S/C14H10BrClN2OS.C13H8ClN3OS.C8H5NOS.C6H2BrClN2S.C6H4ClN3S.C5H4BrClN2/c15-14-10(6-7-12(16)18-14)17-13(20)8-11(19)9-4-2-1-3-5-9;14-10-7-6-9-12(16-10)19-13(15-9)17-11(18)8-4-2-1-3-5-8;10-8(9-6-11)7-4-2-1-3-5-7;7-6-9-3-1-2-4(8)10-5(3)11-6;7-4-2-1-3-5(10-4)11-6(8)9-3;6-5-3(8)1-2-4(7)9-5/h1-7H,8H2,(H,17,20);1-7H,(H,15,17,18);1-5H;1-2H;1-2H,(H2,8,9);1-2H,8H2. The van der Waals surface area contributed by atoms with E-state index in [1.54, 1.807) is 103 Å². The molecule has 8 aromatic heterocycles. The Bertz CT molecular complexity index is 3940. The van der Waals surface area contributed by atoms with E-state index in [2.05, 4.69) is 116 Å². The SMILES string of the molecule is Clc1ccc2nc(Br)sc2n1.Nc1ccc(Cl)nc1Br.Nc1nc2ccc(Cl)nc2s1.O=C(CC(=S)Nc1ccc(Cl)nc1Br)c1ccccc1.O=C(N=C=S)c1ccccc1.O=C(Nc1nc2ccc(Cl)nc2s1)c1ccccc1. The van der Waals surface area contributed by atoms with Gasteiger partial charge in [-0.15, -0.1) is 0 Å². The number of fused-ring (bicyclic) bond motifs is 3. The number of Topliss-reactive ketones (excluding diaryl/α,β-unsaturated/α-hetero) is 1. The van der Waals surface area contributed by atoms with Crippen molar-refractivity contribution in [2.75, 3.05) is 22.1 Å². The van der Waals surface area contributed by atoms with E-state index in [-0.39, 0.29) is 24.0 Å². The number of aromatic nitrogens is 8. The summed E-state index contributed by atoms with van der Waals surface area (Å²) in [5, 5.41) is 11.0. The predicted molar refractivity (Wildman–Crippen MR) is 349 cm³/mol. The monoisotopic (exact) mass is 1460 g/mol. The number of amides is 2. The van der Waals surface area contributed by atoms with Gasteiger partial charge in [-0.25, -0.2) is 39.9 Å². The lowest BCUT2D eigenvalue weighted by atomic mass is 10.1. The van der Waals surface area contributed by atoms with Crippen LogP contribution in [0.4, 0.5) is 21.6 Å². The minimum Gasteiger partial charge on any atom is -0.397 e. The van der Waals surface area contributed by atoms with E-state index in [0.29, 0.717) is 83.1 Å². The number of nitrogens with one attached hydrogen (secondary N) is 2. The third kappa shape index (κ3) is 21.4. The summed E-state index contributed by atoms with van der Waals surface area (Å²) in [6.07, 6.45) is 0.147. The number of thiazole rings is 3. The first-order valence-corrected chi connectivity index (χ1v) is 29.9. The number of aliphatic imine (C=N–C) groups is 1. The zero-order valence-electron chi connectivity index (χ0n) is 40.6. The molecular formula is C52H33Br3Cl5N13O3S5. The van der Waals surface area contributed by atoms with Crippen LogP contribution in [0.25, 0.3) is 31.0 Å². The summed E-state index contributed by atoms with van der Waals surface area (Å²) >= 11 is 51.7. The molecule has 6 N–H and O–H groups in total. The van der Waals surface area contributed by atoms with Gasteiger partial charge in [0.05, 0.1) is 27.9 Å². The summed E-state index contributed by atoms with van der Waals surface area (Å²) in [7, 11) is 0. The average Bonchev–Trinajstić information content (AvgIpc) is 4.16. The van der Waals surface area contributed by atoms with Crippen molar-refractivity contribution in [2.24, 2.45) is 4.99 Å². The molecule has 11 aromatic rings. The van der Waals surface area contributed by atoms with Gasteiger partial charge in [-0.1, -0.05) is 171 Å². The molecule has 2 amide bonds. The van der Waals surface area contributed by atoms with Gasteiger partial charge < -0.3 is 16.8 Å². The number of anilines is 4. The van der Waals surface area contributed by atoms with Gasteiger partial charge in [0.1, 0.15) is 66.0 Å². The van der Waals surface area contributed by atoms with Gasteiger partial charge in [-0.3, -0.25) is 19.7 Å². The Balaban J connectivity index is 0.000000161. The van der Waals surface area contributed by atoms with Gasteiger partial charge in [-0.05, 0) is 145 Å². The minimum atomic E-state index is -0.347. The van der Waals surface area contributed by atoms with Crippen LogP contribution in [0.2, 0.25) is 25.8 Å². The number of halogens is 8. The molecule has 0 aliphatic heterocycles. The van der Waals surface area contributed by atoms with Crippen molar-refractivity contribution in [3.05, 3.63) is 207 Å². The molecule has 29 heteroatoms. The van der Waals surface area contributed by atoms with E-state index in [9.17, 15) is 14.4 Å². The quantitative estimate of drug-likeness (QED) is 0.0502. The van der Waals surface area contributed by atoms with Crippen molar-refractivity contribution in [2.45, 2.75) is 6.42 Å². The Morgan fingerprint density at radius 2 is 0.975 bits per heavy atom. The van der Waals surface area contributed by atoms with Crippen LogP contribution in [0, 0.1) is 0 Å². The molecule has 0 aliphatic rings. The van der Waals surface area contributed by atoms with E-state index in [1.807, 2.05) is 53.7 Å². The number of isothiocyanates is 1. The molecule has 11 rings (SSSR count). The number of hydrogen-bond acceptors (Lipinski definition) is 18. The van der Waals surface area contributed by atoms with Gasteiger partial charge in [0.2, 0.25) is 0 Å². The van der Waals surface area contributed by atoms with Crippen LogP contribution in [0.15, 0.2) is 170 Å². The number of nitrogens with two attached hydrogens (primary N) is 2. The van der Waals surface area contributed by atoms with Crippen molar-refractivity contribution >= 4 is 245 Å². The summed E-state index contributed by atoms with van der Waals surface area (Å²) in [4.78, 5) is 73.7. The molecule has 8 heterocycles. The van der Waals surface area contributed by atoms with Crippen molar-refractivity contribution in [3.63, 3.8) is 0 Å². The molecular weight excluding hydrogens is 1430 g/mol. The highest BCUT2D eigenvalue weighted by molar-refractivity contribution is 9.11. The largest absolute Gasteiger partial charge is 0.397 e. The summed E-state index contributed by atoms with van der Waals surface area (Å²) < 4.78 is 1.98. The van der Waals surface area contributed by atoms with Crippen molar-refractivity contribution in [1.82, 2.24) is 39.9 Å². The number of thiocarbonyl (C=S) groups is 2. The van der Waals surface area contributed by atoms with Gasteiger partial charge in [0.15, 0.2) is 20.0 Å². The smallest absolute Gasteiger partial charge is 0.285 e. The second kappa shape index (κ2) is 32.6. The van der Waals surface area contributed by atoms with E-state index < -0.39 is 0 Å². The molecule has 410 valence electrons. The van der Waals surface area contributed by atoms with Gasteiger partial charge >= 0.3 is 0 Å². The van der Waals surface area contributed by atoms with E-state index in [4.69, 9.17) is 81.7 Å². The number of nitrogen functional groups attached to an aromatic ring is 2. The minimum absolute atomic E-state index is 0.0267. The topological polar surface area (TPSA) is 243 Å². The van der Waals surface area contributed by atoms with Crippen LogP contribution in [0.3, 0.4) is 0 Å². The van der Waals surface area contributed by atoms with Crippen molar-refractivity contribution < 1.29 is 14.4 Å². The first-order chi connectivity index (χ1) is 38.8. The van der Waals surface area contributed by atoms with Crippen LogP contribution < -0.4 is 22.1 Å². The van der Waals surface area contributed by atoms with Crippen LogP contribution in [-0.2, 0) is 0 Å².